The summed E-state index contributed by atoms with van der Waals surface area (Å²) >= 11 is 5.56. The number of carbonyl (C=O) groups is 1. The average molecular weight is 407 g/mol. The predicted octanol–water partition coefficient (Wildman–Crippen LogP) is 6.80. The van der Waals surface area contributed by atoms with Crippen molar-refractivity contribution in [2.45, 2.75) is 6.18 Å². The van der Waals surface area contributed by atoms with Crippen LogP contribution in [0.25, 0.3) is 0 Å². The van der Waals surface area contributed by atoms with Crippen molar-refractivity contribution in [2.24, 2.45) is 0 Å². The number of nitrogens with one attached hydrogen (secondary N) is 2. The summed E-state index contributed by atoms with van der Waals surface area (Å²) < 4.78 is 44.3. The van der Waals surface area contributed by atoms with E-state index >= 15 is 0 Å². The molecule has 2 N–H and O–H groups in total. The molecule has 0 heterocycles. The number of rotatable bonds is 4. The molecule has 0 aromatic heterocycles. The maximum atomic E-state index is 12.9. The zero-order valence-electron chi connectivity index (χ0n) is 14.3. The van der Waals surface area contributed by atoms with Gasteiger partial charge in [0.25, 0.3) is 0 Å². The molecule has 0 atom stereocenters. The van der Waals surface area contributed by atoms with Crippen LogP contribution in [0.1, 0.15) is 5.56 Å². The van der Waals surface area contributed by atoms with Crippen molar-refractivity contribution in [3.8, 4) is 11.5 Å². The molecule has 3 aromatic carbocycles. The van der Waals surface area contributed by atoms with Gasteiger partial charge in [-0.15, -0.1) is 0 Å². The van der Waals surface area contributed by atoms with Gasteiger partial charge in [-0.1, -0.05) is 29.8 Å². The first-order valence-corrected chi connectivity index (χ1v) is 8.47. The molecule has 0 aliphatic heterocycles. The Balaban J connectivity index is 1.62. The number of hydrogen-bond donors (Lipinski definition) is 2. The minimum Gasteiger partial charge on any atom is -0.457 e. The summed E-state index contributed by atoms with van der Waals surface area (Å²) in [6.45, 7) is 0. The molecule has 0 spiro atoms. The van der Waals surface area contributed by atoms with Crippen LogP contribution in [0.15, 0.2) is 72.8 Å². The van der Waals surface area contributed by atoms with E-state index in [2.05, 4.69) is 10.6 Å². The van der Waals surface area contributed by atoms with Crippen molar-refractivity contribution in [2.75, 3.05) is 10.6 Å². The number of ether oxygens (including phenoxy) is 1. The highest BCUT2D eigenvalue weighted by Crippen LogP contribution is 2.36. The van der Waals surface area contributed by atoms with Crippen LogP contribution in [0.4, 0.5) is 29.3 Å². The highest BCUT2D eigenvalue weighted by Gasteiger charge is 2.33. The molecule has 0 fully saturated rings. The molecule has 0 radical (unpaired) electrons. The highest BCUT2D eigenvalue weighted by molar-refractivity contribution is 6.31. The maximum absolute atomic E-state index is 12.9. The van der Waals surface area contributed by atoms with Gasteiger partial charge < -0.3 is 15.4 Å². The van der Waals surface area contributed by atoms with E-state index in [0.29, 0.717) is 17.2 Å². The van der Waals surface area contributed by atoms with Crippen LogP contribution in [-0.2, 0) is 6.18 Å². The van der Waals surface area contributed by atoms with Gasteiger partial charge in [0.15, 0.2) is 0 Å². The molecule has 2 amide bonds. The van der Waals surface area contributed by atoms with E-state index < -0.39 is 22.8 Å². The van der Waals surface area contributed by atoms with Crippen molar-refractivity contribution < 1.29 is 22.7 Å². The predicted molar refractivity (Wildman–Crippen MR) is 102 cm³/mol. The minimum atomic E-state index is -4.61. The molecule has 3 aromatic rings. The zero-order chi connectivity index (χ0) is 20.1. The Morgan fingerprint density at radius 1 is 0.821 bits per heavy atom. The monoisotopic (exact) mass is 406 g/mol. The largest absolute Gasteiger partial charge is 0.457 e. The summed E-state index contributed by atoms with van der Waals surface area (Å²) in [4.78, 5) is 12.0. The second-order valence-corrected chi connectivity index (χ2v) is 6.12. The quantitative estimate of drug-likeness (QED) is 0.501. The van der Waals surface area contributed by atoms with Gasteiger partial charge in [-0.25, -0.2) is 4.79 Å². The molecule has 3 rings (SSSR count). The first-order valence-electron chi connectivity index (χ1n) is 8.09. The number of halogens is 4. The van der Waals surface area contributed by atoms with Crippen LogP contribution in [0.2, 0.25) is 5.02 Å². The SMILES string of the molecule is O=C(Nc1ccc(Oc2ccccc2)cc1)Nc1ccc(Cl)c(C(F)(F)F)c1. The molecule has 0 saturated carbocycles. The average Bonchev–Trinajstić information content (AvgIpc) is 2.65. The van der Waals surface area contributed by atoms with Crippen molar-refractivity contribution in [3.05, 3.63) is 83.4 Å². The number of carbonyl (C=O) groups excluding carboxylic acids is 1. The zero-order valence-corrected chi connectivity index (χ0v) is 15.0. The lowest BCUT2D eigenvalue weighted by Crippen LogP contribution is -2.19. The van der Waals surface area contributed by atoms with Crippen LogP contribution in [0.5, 0.6) is 11.5 Å². The lowest BCUT2D eigenvalue weighted by molar-refractivity contribution is -0.137. The molecule has 0 unspecified atom stereocenters. The van der Waals surface area contributed by atoms with Crippen LogP contribution >= 0.6 is 11.6 Å². The third-order valence-corrected chi connectivity index (χ3v) is 3.95. The second kappa shape index (κ2) is 8.22. The Morgan fingerprint density at radius 3 is 2.04 bits per heavy atom. The number of para-hydroxylation sites is 1. The van der Waals surface area contributed by atoms with Crippen LogP contribution in [-0.4, -0.2) is 6.03 Å². The van der Waals surface area contributed by atoms with Gasteiger partial charge in [-0.2, -0.15) is 13.2 Å². The molecule has 0 saturated heterocycles. The summed E-state index contributed by atoms with van der Waals surface area (Å²) in [5, 5.41) is 4.44. The molecule has 0 bridgehead atoms. The lowest BCUT2D eigenvalue weighted by atomic mass is 10.2. The Hall–Kier alpha value is -3.19. The third kappa shape index (κ3) is 5.17. The Kier molecular flexibility index (Phi) is 5.75. The standard InChI is InChI=1S/C20H14ClF3N2O2/c21-18-11-8-14(12-17(18)20(22,23)24)26-19(27)25-13-6-9-16(10-7-13)28-15-4-2-1-3-5-15/h1-12H,(H2,25,26,27). The normalized spacial score (nSPS) is 11.0. The summed E-state index contributed by atoms with van der Waals surface area (Å²) in [6.07, 6.45) is -4.61. The molecular weight excluding hydrogens is 393 g/mol. The first kappa shape index (κ1) is 19.6. The molecule has 144 valence electrons. The molecule has 4 nitrogen and oxygen atoms in total. The molecule has 0 aliphatic carbocycles. The van der Waals surface area contributed by atoms with E-state index in [4.69, 9.17) is 16.3 Å². The van der Waals surface area contributed by atoms with Gasteiger partial charge in [-0.05, 0) is 54.6 Å². The number of urea groups is 1. The van der Waals surface area contributed by atoms with E-state index in [9.17, 15) is 18.0 Å². The Bertz CT molecular complexity index is 961. The molecular formula is C20H14ClF3N2O2. The van der Waals surface area contributed by atoms with Gasteiger partial charge in [0, 0.05) is 11.4 Å². The highest BCUT2D eigenvalue weighted by atomic mass is 35.5. The number of benzene rings is 3. The van der Waals surface area contributed by atoms with Crippen molar-refractivity contribution >= 4 is 29.0 Å². The van der Waals surface area contributed by atoms with Gasteiger partial charge in [0.05, 0.1) is 10.6 Å². The van der Waals surface area contributed by atoms with Crippen molar-refractivity contribution in [1.29, 1.82) is 0 Å². The fourth-order valence-corrected chi connectivity index (χ4v) is 2.57. The van der Waals surface area contributed by atoms with E-state index in [-0.39, 0.29) is 5.69 Å². The van der Waals surface area contributed by atoms with Crippen LogP contribution in [0, 0.1) is 0 Å². The van der Waals surface area contributed by atoms with Crippen molar-refractivity contribution in [3.63, 3.8) is 0 Å². The lowest BCUT2D eigenvalue weighted by Gasteiger charge is -2.12. The Labute approximate surface area is 163 Å². The second-order valence-electron chi connectivity index (χ2n) is 5.71. The van der Waals surface area contributed by atoms with E-state index in [0.717, 1.165) is 12.1 Å². The van der Waals surface area contributed by atoms with Gasteiger partial charge in [-0.3, -0.25) is 0 Å². The molecule has 0 aliphatic rings. The number of alkyl halides is 3. The number of anilines is 2. The number of amides is 2. The van der Waals surface area contributed by atoms with Crippen molar-refractivity contribution in [1.82, 2.24) is 0 Å². The van der Waals surface area contributed by atoms with Crippen LogP contribution < -0.4 is 15.4 Å². The van der Waals surface area contributed by atoms with E-state index in [1.807, 2.05) is 18.2 Å². The number of hydrogen-bond acceptors (Lipinski definition) is 2. The topological polar surface area (TPSA) is 50.4 Å². The van der Waals surface area contributed by atoms with E-state index in [1.165, 1.54) is 6.07 Å². The molecule has 28 heavy (non-hydrogen) atoms. The Morgan fingerprint density at radius 2 is 1.39 bits per heavy atom. The summed E-state index contributed by atoms with van der Waals surface area (Å²) in [6, 6.07) is 18.2. The summed E-state index contributed by atoms with van der Waals surface area (Å²) in [5.41, 5.74) is -0.601. The fraction of sp³-hybridized carbons (Fsp3) is 0.0500. The maximum Gasteiger partial charge on any atom is 0.417 e. The third-order valence-electron chi connectivity index (χ3n) is 3.62. The first-order chi connectivity index (χ1) is 13.3. The fourth-order valence-electron chi connectivity index (χ4n) is 2.34. The van der Waals surface area contributed by atoms with Crippen LogP contribution in [0.3, 0.4) is 0 Å². The van der Waals surface area contributed by atoms with Gasteiger partial charge >= 0.3 is 12.2 Å². The van der Waals surface area contributed by atoms with Gasteiger partial charge in [0.1, 0.15) is 11.5 Å². The summed E-state index contributed by atoms with van der Waals surface area (Å²) in [7, 11) is 0. The van der Waals surface area contributed by atoms with Gasteiger partial charge in [0.2, 0.25) is 0 Å². The smallest absolute Gasteiger partial charge is 0.417 e. The van der Waals surface area contributed by atoms with E-state index in [1.54, 1.807) is 36.4 Å². The summed E-state index contributed by atoms with van der Waals surface area (Å²) in [5.74, 6) is 1.24. The molecule has 8 heteroatoms. The minimum absolute atomic E-state index is 0.0294.